The van der Waals surface area contributed by atoms with Gasteiger partial charge in [-0.2, -0.15) is 0 Å². The van der Waals surface area contributed by atoms with Crippen LogP contribution in [0.5, 0.6) is 11.6 Å². The molecule has 0 radical (unpaired) electrons. The van der Waals surface area contributed by atoms with E-state index in [9.17, 15) is 0 Å². The first-order chi connectivity index (χ1) is 7.66. The van der Waals surface area contributed by atoms with E-state index in [1.165, 1.54) is 0 Å². The molecule has 0 spiro atoms. The number of aryl methyl sites for hydroxylation is 1. The second-order valence-electron chi connectivity index (χ2n) is 3.23. The highest BCUT2D eigenvalue weighted by Crippen LogP contribution is 2.22. The molecule has 0 saturated carbocycles. The molecule has 0 amide bonds. The van der Waals surface area contributed by atoms with Crippen molar-refractivity contribution in [2.75, 3.05) is 0 Å². The first-order valence-electron chi connectivity index (χ1n) is 4.60. The second-order valence-corrected chi connectivity index (χ2v) is 3.67. The summed E-state index contributed by atoms with van der Waals surface area (Å²) in [6.07, 6.45) is 3.16. The van der Waals surface area contributed by atoms with E-state index < -0.39 is 0 Å². The Balaban J connectivity index is 2.31. The van der Waals surface area contributed by atoms with Crippen LogP contribution in [-0.4, -0.2) is 20.2 Å². The average molecular weight is 234 g/mol. The van der Waals surface area contributed by atoms with Gasteiger partial charge in [0.2, 0.25) is 5.88 Å². The molecule has 82 valence electrons. The van der Waals surface area contributed by atoms with Gasteiger partial charge in [-0.05, 0) is 13.0 Å². The first-order valence-corrected chi connectivity index (χ1v) is 5.01. The molecule has 0 atom stereocenters. The molecule has 0 unspecified atom stereocenters. The topological polar surface area (TPSA) is 76.8 Å². The fraction of sp³-hybridized carbons (Fsp3) is 0.100. The molecule has 3 N–H and O–H groups in total. The van der Waals surface area contributed by atoms with Crippen LogP contribution in [0.3, 0.4) is 0 Å². The van der Waals surface area contributed by atoms with Gasteiger partial charge in [-0.15, -0.1) is 5.10 Å². The maximum Gasteiger partial charge on any atom is 0.238 e. The highest BCUT2D eigenvalue weighted by atomic mass is 32.1. The molecule has 0 saturated heterocycles. The summed E-state index contributed by atoms with van der Waals surface area (Å²) in [7, 11) is 0. The van der Waals surface area contributed by atoms with Crippen LogP contribution in [0.1, 0.15) is 11.3 Å². The number of thiocarbonyl (C=S) groups is 1. The molecule has 0 fully saturated rings. The molecule has 5 nitrogen and oxygen atoms in total. The minimum Gasteiger partial charge on any atom is -0.435 e. The molecule has 0 bridgehead atoms. The van der Waals surface area contributed by atoms with Crippen molar-refractivity contribution < 1.29 is 4.74 Å². The van der Waals surface area contributed by atoms with Gasteiger partial charge in [0.05, 0.1) is 11.8 Å². The van der Waals surface area contributed by atoms with Gasteiger partial charge in [-0.25, -0.2) is 0 Å². The van der Waals surface area contributed by atoms with Gasteiger partial charge in [-0.3, -0.25) is 10.1 Å². The zero-order valence-electron chi connectivity index (χ0n) is 8.60. The van der Waals surface area contributed by atoms with Crippen LogP contribution < -0.4 is 10.5 Å². The summed E-state index contributed by atoms with van der Waals surface area (Å²) in [5.41, 5.74) is 7.13. The smallest absolute Gasteiger partial charge is 0.238 e. The van der Waals surface area contributed by atoms with Gasteiger partial charge >= 0.3 is 0 Å². The predicted molar refractivity (Wildman–Crippen MR) is 63.5 cm³/mol. The van der Waals surface area contributed by atoms with Gasteiger partial charge in [0, 0.05) is 18.0 Å². The van der Waals surface area contributed by atoms with Gasteiger partial charge in [-0.1, -0.05) is 12.2 Å². The zero-order chi connectivity index (χ0) is 11.5. The molecule has 0 aromatic carbocycles. The Morgan fingerprint density at radius 1 is 1.56 bits per heavy atom. The SMILES string of the molecule is Cc1cc(Oc2cnccc2C(N)=S)n[nH]1. The minimum absolute atomic E-state index is 0.268. The van der Waals surface area contributed by atoms with Crippen molar-refractivity contribution in [3.63, 3.8) is 0 Å². The fourth-order valence-corrected chi connectivity index (χ4v) is 1.39. The van der Waals surface area contributed by atoms with E-state index in [4.69, 9.17) is 22.7 Å². The summed E-state index contributed by atoms with van der Waals surface area (Å²) in [5.74, 6) is 0.963. The van der Waals surface area contributed by atoms with Gasteiger partial charge in [0.15, 0.2) is 5.75 Å². The lowest BCUT2D eigenvalue weighted by Crippen LogP contribution is -2.10. The van der Waals surface area contributed by atoms with Crippen molar-refractivity contribution in [3.8, 4) is 11.6 Å². The Morgan fingerprint density at radius 3 is 3.00 bits per heavy atom. The van der Waals surface area contributed by atoms with E-state index in [0.717, 1.165) is 5.69 Å². The minimum atomic E-state index is 0.268. The van der Waals surface area contributed by atoms with Crippen molar-refractivity contribution in [2.24, 2.45) is 5.73 Å². The van der Waals surface area contributed by atoms with Gasteiger partial charge in [0.25, 0.3) is 0 Å². The van der Waals surface area contributed by atoms with Crippen LogP contribution in [-0.2, 0) is 0 Å². The van der Waals surface area contributed by atoms with E-state index in [1.807, 2.05) is 6.92 Å². The number of rotatable bonds is 3. The maximum absolute atomic E-state index is 5.57. The Morgan fingerprint density at radius 2 is 2.38 bits per heavy atom. The number of ether oxygens (including phenoxy) is 1. The zero-order valence-corrected chi connectivity index (χ0v) is 9.41. The highest BCUT2D eigenvalue weighted by Gasteiger charge is 2.08. The van der Waals surface area contributed by atoms with Crippen molar-refractivity contribution in [1.29, 1.82) is 0 Å². The number of nitrogens with zero attached hydrogens (tertiary/aromatic N) is 2. The standard InChI is InChI=1S/C10H10N4OS/c1-6-4-9(14-13-6)15-8-5-12-3-2-7(8)10(11)16/h2-5H,1H3,(H2,11,16)(H,13,14). The number of hydrogen-bond donors (Lipinski definition) is 2. The van der Waals surface area contributed by atoms with Crippen LogP contribution in [0.4, 0.5) is 0 Å². The van der Waals surface area contributed by atoms with Crippen LogP contribution in [0, 0.1) is 6.92 Å². The van der Waals surface area contributed by atoms with E-state index in [-0.39, 0.29) is 4.99 Å². The average Bonchev–Trinajstić information content (AvgIpc) is 2.64. The third-order valence-electron chi connectivity index (χ3n) is 1.95. The number of aromatic amines is 1. The monoisotopic (exact) mass is 234 g/mol. The predicted octanol–water partition coefficient (Wildman–Crippen LogP) is 1.54. The molecule has 16 heavy (non-hydrogen) atoms. The highest BCUT2D eigenvalue weighted by molar-refractivity contribution is 7.80. The lowest BCUT2D eigenvalue weighted by Gasteiger charge is -2.06. The molecule has 0 aliphatic heterocycles. The summed E-state index contributed by atoms with van der Waals surface area (Å²) in [5, 5.41) is 6.73. The number of hydrogen-bond acceptors (Lipinski definition) is 4. The summed E-state index contributed by atoms with van der Waals surface area (Å²) in [4.78, 5) is 4.22. The summed E-state index contributed by atoms with van der Waals surface area (Å²) in [6, 6.07) is 3.48. The Kier molecular flexibility index (Phi) is 2.82. The van der Waals surface area contributed by atoms with Crippen molar-refractivity contribution in [2.45, 2.75) is 6.92 Å². The number of nitrogens with one attached hydrogen (secondary N) is 1. The van der Waals surface area contributed by atoms with Crippen molar-refractivity contribution in [3.05, 3.63) is 35.8 Å². The second kappa shape index (κ2) is 4.28. The molecule has 2 heterocycles. The Hall–Kier alpha value is -1.95. The molecule has 6 heteroatoms. The molecular weight excluding hydrogens is 224 g/mol. The third-order valence-corrected chi connectivity index (χ3v) is 2.17. The van der Waals surface area contributed by atoms with Gasteiger partial charge in [0.1, 0.15) is 4.99 Å². The number of pyridine rings is 1. The number of H-pyrrole nitrogens is 1. The summed E-state index contributed by atoms with van der Waals surface area (Å²) >= 11 is 4.91. The first kappa shape index (κ1) is 10.6. The summed E-state index contributed by atoms with van der Waals surface area (Å²) in [6.45, 7) is 1.89. The van der Waals surface area contributed by atoms with Crippen molar-refractivity contribution in [1.82, 2.24) is 15.2 Å². The molecule has 2 aromatic heterocycles. The molecular formula is C10H10N4OS. The third kappa shape index (κ3) is 2.17. The van der Waals surface area contributed by atoms with E-state index >= 15 is 0 Å². The molecule has 0 aliphatic carbocycles. The van der Waals surface area contributed by atoms with Crippen LogP contribution in [0.2, 0.25) is 0 Å². The van der Waals surface area contributed by atoms with Crippen LogP contribution >= 0.6 is 12.2 Å². The molecule has 2 aromatic rings. The Bertz CT molecular complexity index is 523. The molecule has 2 rings (SSSR count). The lowest BCUT2D eigenvalue weighted by molar-refractivity contribution is 0.458. The van der Waals surface area contributed by atoms with Crippen LogP contribution in [0.25, 0.3) is 0 Å². The van der Waals surface area contributed by atoms with Crippen LogP contribution in [0.15, 0.2) is 24.5 Å². The normalized spacial score (nSPS) is 10.1. The number of aromatic nitrogens is 3. The lowest BCUT2D eigenvalue weighted by atomic mass is 10.2. The molecule has 0 aliphatic rings. The van der Waals surface area contributed by atoms with E-state index in [1.54, 1.807) is 24.5 Å². The van der Waals surface area contributed by atoms with E-state index in [2.05, 4.69) is 15.2 Å². The maximum atomic E-state index is 5.57. The fourth-order valence-electron chi connectivity index (χ4n) is 1.22. The quantitative estimate of drug-likeness (QED) is 0.788. The van der Waals surface area contributed by atoms with E-state index in [0.29, 0.717) is 17.2 Å². The van der Waals surface area contributed by atoms with Crippen molar-refractivity contribution >= 4 is 17.2 Å². The number of nitrogens with two attached hydrogens (primary N) is 1. The summed E-state index contributed by atoms with van der Waals surface area (Å²) < 4.78 is 5.52. The largest absolute Gasteiger partial charge is 0.435 e. The van der Waals surface area contributed by atoms with Gasteiger partial charge < -0.3 is 10.5 Å². The Labute approximate surface area is 97.6 Å².